The van der Waals surface area contributed by atoms with Crippen molar-refractivity contribution >= 4 is 37.8 Å². The second-order valence-corrected chi connectivity index (χ2v) is 5.27. The van der Waals surface area contributed by atoms with E-state index in [-0.39, 0.29) is 0 Å². The molecule has 0 radical (unpaired) electrons. The minimum atomic E-state index is 1.26. The summed E-state index contributed by atoms with van der Waals surface area (Å²) in [5.74, 6) is 0. The van der Waals surface area contributed by atoms with Crippen LogP contribution in [-0.2, 0) is 0 Å². The predicted octanol–water partition coefficient (Wildman–Crippen LogP) is 4.73. The first kappa shape index (κ1) is 10.1. The Morgan fingerprint density at radius 1 is 0.700 bits per heavy atom. The van der Waals surface area contributed by atoms with Gasteiger partial charge in [-0.1, -0.05) is 36.4 Å². The molecule has 5 aromatic rings. The Balaban J connectivity index is 2.14. The fraction of sp³-hybridized carbons (Fsp3) is 0. The zero-order valence-electron chi connectivity index (χ0n) is 10.8. The van der Waals surface area contributed by atoms with Gasteiger partial charge in [-0.3, -0.25) is 0 Å². The van der Waals surface area contributed by atoms with Crippen molar-refractivity contribution in [2.45, 2.75) is 0 Å². The van der Waals surface area contributed by atoms with E-state index in [1.165, 1.54) is 37.8 Å². The van der Waals surface area contributed by atoms with E-state index in [2.05, 4.69) is 76.6 Å². The monoisotopic (exact) mass is 256 g/mol. The molecular weight excluding hydrogens is 244 g/mol. The largest absolute Gasteiger partial charge is 0.366 e. The van der Waals surface area contributed by atoms with E-state index in [9.17, 15) is 0 Å². The lowest BCUT2D eigenvalue weighted by Gasteiger charge is -2.01. The molecule has 0 aliphatic rings. The van der Waals surface area contributed by atoms with Crippen LogP contribution in [-0.4, -0.2) is 9.38 Å². The highest BCUT2D eigenvalue weighted by molar-refractivity contribution is 6.18. The van der Waals surface area contributed by atoms with Crippen molar-refractivity contribution in [2.24, 2.45) is 0 Å². The van der Waals surface area contributed by atoms with Gasteiger partial charge in [0.05, 0.1) is 5.52 Å². The van der Waals surface area contributed by atoms with Gasteiger partial charge in [0.2, 0.25) is 0 Å². The molecule has 0 aliphatic carbocycles. The van der Waals surface area contributed by atoms with E-state index in [1.54, 1.807) is 0 Å². The average Bonchev–Trinajstić information content (AvgIpc) is 3.10. The highest BCUT2D eigenvalue weighted by Crippen LogP contribution is 2.33. The highest BCUT2D eigenvalue weighted by atomic mass is 14.9. The van der Waals surface area contributed by atoms with Crippen LogP contribution in [0.3, 0.4) is 0 Å². The molecule has 94 valence electrons. The van der Waals surface area contributed by atoms with Gasteiger partial charge in [0, 0.05) is 46.3 Å². The predicted molar refractivity (Wildman–Crippen MR) is 84.3 cm³/mol. The zero-order chi connectivity index (χ0) is 13.1. The number of aromatic amines is 1. The van der Waals surface area contributed by atoms with Gasteiger partial charge in [-0.25, -0.2) is 0 Å². The minimum absolute atomic E-state index is 1.26. The van der Waals surface area contributed by atoms with Crippen LogP contribution in [0.2, 0.25) is 0 Å². The van der Waals surface area contributed by atoms with Crippen molar-refractivity contribution in [3.8, 4) is 0 Å². The number of pyridine rings is 1. The second-order valence-electron chi connectivity index (χ2n) is 5.27. The molecule has 3 heterocycles. The van der Waals surface area contributed by atoms with Crippen LogP contribution in [0.25, 0.3) is 37.8 Å². The van der Waals surface area contributed by atoms with Crippen molar-refractivity contribution in [2.75, 3.05) is 0 Å². The SMILES string of the molecule is c1ccc2c(c1)ccn1cc3c4c[nH]cc4ccc3c21. The van der Waals surface area contributed by atoms with Crippen LogP contribution >= 0.6 is 0 Å². The second kappa shape index (κ2) is 3.42. The maximum atomic E-state index is 3.20. The molecular formula is C18H12N2. The lowest BCUT2D eigenvalue weighted by atomic mass is 10.1. The van der Waals surface area contributed by atoms with Crippen LogP contribution in [0.5, 0.6) is 0 Å². The van der Waals surface area contributed by atoms with E-state index in [1.807, 2.05) is 0 Å². The Hall–Kier alpha value is -2.74. The highest BCUT2D eigenvalue weighted by Gasteiger charge is 2.09. The Bertz CT molecular complexity index is 1100. The standard InChI is InChI=1S/C18H12N2/c1-2-4-14-12(3-1)7-8-20-11-17-15(18(14)20)6-5-13-9-19-10-16(13)17/h1-11,19H. The fourth-order valence-corrected chi connectivity index (χ4v) is 3.26. The number of benzene rings is 2. The zero-order valence-corrected chi connectivity index (χ0v) is 10.8. The number of nitrogens with zero attached hydrogens (tertiary/aromatic N) is 1. The lowest BCUT2D eigenvalue weighted by Crippen LogP contribution is -1.82. The fourth-order valence-electron chi connectivity index (χ4n) is 3.26. The first-order chi connectivity index (χ1) is 9.92. The molecule has 0 fully saturated rings. The van der Waals surface area contributed by atoms with Crippen LogP contribution in [0.1, 0.15) is 0 Å². The van der Waals surface area contributed by atoms with E-state index in [4.69, 9.17) is 0 Å². The van der Waals surface area contributed by atoms with Crippen LogP contribution in [0.4, 0.5) is 0 Å². The van der Waals surface area contributed by atoms with Gasteiger partial charge in [-0.05, 0) is 16.8 Å². The molecule has 2 heteroatoms. The van der Waals surface area contributed by atoms with Crippen molar-refractivity contribution in [1.82, 2.24) is 9.38 Å². The number of nitrogens with one attached hydrogen (secondary N) is 1. The molecule has 3 aromatic heterocycles. The summed E-state index contributed by atoms with van der Waals surface area (Å²) < 4.78 is 2.24. The molecule has 0 unspecified atom stereocenters. The number of aromatic nitrogens is 2. The van der Waals surface area contributed by atoms with Crippen LogP contribution in [0, 0.1) is 0 Å². The third-order valence-corrected chi connectivity index (χ3v) is 4.20. The number of H-pyrrole nitrogens is 1. The molecule has 2 nitrogen and oxygen atoms in total. The topological polar surface area (TPSA) is 20.2 Å². The van der Waals surface area contributed by atoms with Gasteiger partial charge >= 0.3 is 0 Å². The van der Waals surface area contributed by atoms with Gasteiger partial charge in [0.15, 0.2) is 0 Å². The van der Waals surface area contributed by atoms with Gasteiger partial charge in [-0.2, -0.15) is 0 Å². The molecule has 0 spiro atoms. The summed E-state index contributed by atoms with van der Waals surface area (Å²) in [7, 11) is 0. The van der Waals surface area contributed by atoms with Crippen molar-refractivity contribution < 1.29 is 0 Å². The number of fused-ring (bicyclic) bond motifs is 7. The smallest absolute Gasteiger partial charge is 0.0607 e. The van der Waals surface area contributed by atoms with Crippen LogP contribution in [0.15, 0.2) is 67.3 Å². The van der Waals surface area contributed by atoms with Crippen molar-refractivity contribution in [3.05, 3.63) is 67.3 Å². The summed E-state index contributed by atoms with van der Waals surface area (Å²) in [4.78, 5) is 3.20. The van der Waals surface area contributed by atoms with E-state index in [0.29, 0.717) is 0 Å². The third kappa shape index (κ3) is 1.14. The molecule has 0 saturated carbocycles. The van der Waals surface area contributed by atoms with Gasteiger partial charge < -0.3 is 9.38 Å². The Morgan fingerprint density at radius 3 is 2.65 bits per heavy atom. The summed E-state index contributed by atoms with van der Waals surface area (Å²) >= 11 is 0. The maximum absolute atomic E-state index is 3.20. The molecule has 5 rings (SSSR count). The normalized spacial score (nSPS) is 12.0. The molecule has 2 aromatic carbocycles. The average molecular weight is 256 g/mol. The first-order valence-electron chi connectivity index (χ1n) is 6.79. The number of hydrogen-bond acceptors (Lipinski definition) is 0. The summed E-state index contributed by atoms with van der Waals surface area (Å²) in [5, 5.41) is 7.76. The Labute approximate surface area is 115 Å². The third-order valence-electron chi connectivity index (χ3n) is 4.20. The number of rotatable bonds is 0. The quantitative estimate of drug-likeness (QED) is 0.413. The minimum Gasteiger partial charge on any atom is -0.366 e. The van der Waals surface area contributed by atoms with Crippen LogP contribution < -0.4 is 0 Å². The van der Waals surface area contributed by atoms with E-state index < -0.39 is 0 Å². The molecule has 0 amide bonds. The van der Waals surface area contributed by atoms with Gasteiger partial charge in [0.25, 0.3) is 0 Å². The summed E-state index contributed by atoms with van der Waals surface area (Å²) in [6.07, 6.45) is 8.51. The van der Waals surface area contributed by atoms with Gasteiger partial charge in [0.1, 0.15) is 0 Å². The van der Waals surface area contributed by atoms with E-state index in [0.717, 1.165) is 0 Å². The Morgan fingerprint density at radius 2 is 1.65 bits per heavy atom. The maximum Gasteiger partial charge on any atom is 0.0607 e. The van der Waals surface area contributed by atoms with Crippen molar-refractivity contribution in [1.29, 1.82) is 0 Å². The first-order valence-corrected chi connectivity index (χ1v) is 6.79. The van der Waals surface area contributed by atoms with Gasteiger partial charge in [-0.15, -0.1) is 0 Å². The van der Waals surface area contributed by atoms with Crippen molar-refractivity contribution in [3.63, 3.8) is 0 Å². The van der Waals surface area contributed by atoms with E-state index >= 15 is 0 Å². The summed E-state index contributed by atoms with van der Waals surface area (Å²) in [6.45, 7) is 0. The molecule has 0 aliphatic heterocycles. The molecule has 1 N–H and O–H groups in total. The molecule has 0 saturated heterocycles. The molecule has 0 bridgehead atoms. The lowest BCUT2D eigenvalue weighted by molar-refractivity contribution is 1.22. The molecule has 0 atom stereocenters. The summed E-state index contributed by atoms with van der Waals surface area (Å²) in [6, 6.07) is 15.2. The molecule has 20 heavy (non-hydrogen) atoms. The Kier molecular flexibility index (Phi) is 1.73. The number of hydrogen-bond donors (Lipinski definition) is 1. The summed E-state index contributed by atoms with van der Waals surface area (Å²) in [5.41, 5.74) is 1.29.